The fraction of sp³-hybridized carbons (Fsp3) is 0.588. The maximum absolute atomic E-state index is 11.1. The molecule has 0 spiro atoms. The van der Waals surface area contributed by atoms with Crippen molar-refractivity contribution in [3.8, 4) is 0 Å². The van der Waals surface area contributed by atoms with Gasteiger partial charge in [0.2, 0.25) is 5.91 Å². The summed E-state index contributed by atoms with van der Waals surface area (Å²) in [6.45, 7) is 9.62. The van der Waals surface area contributed by atoms with Gasteiger partial charge in [0.05, 0.1) is 0 Å². The topological polar surface area (TPSA) is 55.1 Å². The van der Waals surface area contributed by atoms with Crippen LogP contribution in [0.2, 0.25) is 0 Å². The van der Waals surface area contributed by atoms with E-state index in [4.69, 9.17) is 5.73 Å². The number of nitrogens with two attached hydrogens (primary N) is 1. The van der Waals surface area contributed by atoms with Crippen LogP contribution in [0.15, 0.2) is 18.2 Å². The Balaban J connectivity index is 2.43. The van der Waals surface area contributed by atoms with E-state index < -0.39 is 0 Å². The maximum Gasteiger partial charge on any atom is 0.248 e. The van der Waals surface area contributed by atoms with E-state index >= 15 is 0 Å². The van der Waals surface area contributed by atoms with Crippen molar-refractivity contribution in [1.29, 1.82) is 0 Å². The Morgan fingerprint density at radius 3 is 2.50 bits per heavy atom. The highest BCUT2D eigenvalue weighted by Crippen LogP contribution is 2.12. The standard InChI is InChI=1S/C17H28N2O/c1-12(2)6-5-7-14(4)19-11-16-9-8-15(17(18)20)10-13(16)3/h8-10,12,14,19H,5-7,11H2,1-4H3,(H2,18,20). The van der Waals surface area contributed by atoms with E-state index in [1.54, 1.807) is 6.07 Å². The molecule has 112 valence electrons. The summed E-state index contributed by atoms with van der Waals surface area (Å²) in [4.78, 5) is 11.1. The summed E-state index contributed by atoms with van der Waals surface area (Å²) < 4.78 is 0. The van der Waals surface area contributed by atoms with E-state index in [1.165, 1.54) is 24.8 Å². The van der Waals surface area contributed by atoms with Gasteiger partial charge in [-0.25, -0.2) is 0 Å². The summed E-state index contributed by atoms with van der Waals surface area (Å²) in [6.07, 6.45) is 3.76. The molecule has 3 heteroatoms. The molecule has 3 N–H and O–H groups in total. The average Bonchev–Trinajstić information content (AvgIpc) is 2.36. The number of aryl methyl sites for hydroxylation is 1. The van der Waals surface area contributed by atoms with Crippen molar-refractivity contribution >= 4 is 5.91 Å². The van der Waals surface area contributed by atoms with Crippen molar-refractivity contribution in [1.82, 2.24) is 5.32 Å². The molecule has 1 rings (SSSR count). The number of rotatable bonds is 8. The molecule has 1 aromatic rings. The van der Waals surface area contributed by atoms with Gasteiger partial charge in [-0.2, -0.15) is 0 Å². The Morgan fingerprint density at radius 2 is 1.95 bits per heavy atom. The second kappa shape index (κ2) is 8.05. The summed E-state index contributed by atoms with van der Waals surface area (Å²) in [6, 6.07) is 6.17. The smallest absolute Gasteiger partial charge is 0.248 e. The highest BCUT2D eigenvalue weighted by molar-refractivity contribution is 5.93. The average molecular weight is 276 g/mol. The molecule has 20 heavy (non-hydrogen) atoms. The fourth-order valence-electron chi connectivity index (χ4n) is 2.27. The number of hydrogen-bond donors (Lipinski definition) is 2. The minimum absolute atomic E-state index is 0.366. The first-order valence-electron chi connectivity index (χ1n) is 7.53. The van der Waals surface area contributed by atoms with Gasteiger partial charge in [0, 0.05) is 18.2 Å². The van der Waals surface area contributed by atoms with Crippen LogP contribution in [-0.2, 0) is 6.54 Å². The molecular weight excluding hydrogens is 248 g/mol. The van der Waals surface area contributed by atoms with Crippen LogP contribution in [-0.4, -0.2) is 11.9 Å². The summed E-state index contributed by atoms with van der Waals surface area (Å²) in [5, 5.41) is 3.55. The Kier molecular flexibility index (Phi) is 6.73. The van der Waals surface area contributed by atoms with E-state index in [9.17, 15) is 4.79 Å². The third-order valence-electron chi connectivity index (χ3n) is 3.69. The van der Waals surface area contributed by atoms with Gasteiger partial charge in [0.1, 0.15) is 0 Å². The van der Waals surface area contributed by atoms with Gasteiger partial charge in [0.25, 0.3) is 0 Å². The van der Waals surface area contributed by atoms with Gasteiger partial charge < -0.3 is 11.1 Å². The summed E-state index contributed by atoms with van der Waals surface area (Å²) in [5.74, 6) is 0.417. The lowest BCUT2D eigenvalue weighted by Crippen LogP contribution is -2.26. The molecule has 0 fully saturated rings. The third-order valence-corrected chi connectivity index (χ3v) is 3.69. The quantitative estimate of drug-likeness (QED) is 0.764. The first-order valence-corrected chi connectivity index (χ1v) is 7.53. The molecule has 0 aliphatic carbocycles. The third kappa shape index (κ3) is 5.74. The molecule has 0 aromatic heterocycles. The zero-order valence-corrected chi connectivity index (χ0v) is 13.2. The molecule has 0 saturated carbocycles. The minimum Gasteiger partial charge on any atom is -0.366 e. The minimum atomic E-state index is -0.366. The molecule has 0 aliphatic heterocycles. The van der Waals surface area contributed by atoms with E-state index in [0.29, 0.717) is 11.6 Å². The van der Waals surface area contributed by atoms with Gasteiger partial charge >= 0.3 is 0 Å². The van der Waals surface area contributed by atoms with Crippen LogP contribution in [0.4, 0.5) is 0 Å². The van der Waals surface area contributed by atoms with Gasteiger partial charge in [-0.1, -0.05) is 32.8 Å². The molecular formula is C17H28N2O. The highest BCUT2D eigenvalue weighted by Gasteiger charge is 2.06. The van der Waals surface area contributed by atoms with E-state index in [2.05, 4.69) is 26.1 Å². The van der Waals surface area contributed by atoms with Crippen LogP contribution in [0.1, 0.15) is 61.5 Å². The Bertz CT molecular complexity index is 441. The zero-order valence-electron chi connectivity index (χ0n) is 13.2. The number of carbonyl (C=O) groups excluding carboxylic acids is 1. The Morgan fingerprint density at radius 1 is 1.25 bits per heavy atom. The van der Waals surface area contributed by atoms with Crippen molar-refractivity contribution in [2.75, 3.05) is 0 Å². The first-order chi connectivity index (χ1) is 9.40. The predicted octanol–water partition coefficient (Wildman–Crippen LogP) is 3.40. The molecule has 1 amide bonds. The Hall–Kier alpha value is -1.35. The molecule has 0 aliphatic rings. The van der Waals surface area contributed by atoms with Gasteiger partial charge in [-0.05, 0) is 49.4 Å². The lowest BCUT2D eigenvalue weighted by molar-refractivity contribution is 0.1000. The number of benzene rings is 1. The second-order valence-corrected chi connectivity index (χ2v) is 6.11. The molecule has 0 heterocycles. The van der Waals surface area contributed by atoms with Crippen LogP contribution in [0.5, 0.6) is 0 Å². The SMILES string of the molecule is Cc1cc(C(N)=O)ccc1CNC(C)CCCC(C)C. The van der Waals surface area contributed by atoms with Crippen LogP contribution in [0.25, 0.3) is 0 Å². The second-order valence-electron chi connectivity index (χ2n) is 6.11. The van der Waals surface area contributed by atoms with Crippen molar-refractivity contribution in [3.63, 3.8) is 0 Å². The molecule has 1 atom stereocenters. The van der Waals surface area contributed by atoms with E-state index in [1.807, 2.05) is 19.1 Å². The van der Waals surface area contributed by atoms with Crippen molar-refractivity contribution in [2.45, 2.75) is 59.5 Å². The molecule has 0 saturated heterocycles. The highest BCUT2D eigenvalue weighted by atomic mass is 16.1. The fourth-order valence-corrected chi connectivity index (χ4v) is 2.27. The summed E-state index contributed by atoms with van der Waals surface area (Å²) >= 11 is 0. The summed E-state index contributed by atoms with van der Waals surface area (Å²) in [7, 11) is 0. The molecule has 1 unspecified atom stereocenters. The molecule has 3 nitrogen and oxygen atoms in total. The number of nitrogens with one attached hydrogen (secondary N) is 1. The van der Waals surface area contributed by atoms with E-state index in [-0.39, 0.29) is 5.91 Å². The summed E-state index contributed by atoms with van der Waals surface area (Å²) in [5.41, 5.74) is 8.20. The number of hydrogen-bond acceptors (Lipinski definition) is 2. The van der Waals surface area contributed by atoms with Crippen molar-refractivity contribution in [3.05, 3.63) is 34.9 Å². The van der Waals surface area contributed by atoms with Crippen LogP contribution in [0, 0.1) is 12.8 Å². The van der Waals surface area contributed by atoms with Gasteiger partial charge in [-0.3, -0.25) is 4.79 Å². The van der Waals surface area contributed by atoms with Gasteiger partial charge in [0.15, 0.2) is 0 Å². The monoisotopic (exact) mass is 276 g/mol. The normalized spacial score (nSPS) is 12.7. The maximum atomic E-state index is 11.1. The van der Waals surface area contributed by atoms with Crippen LogP contribution < -0.4 is 11.1 Å². The first kappa shape index (κ1) is 16.7. The predicted molar refractivity (Wildman–Crippen MR) is 84.7 cm³/mol. The Labute approximate surface area is 122 Å². The van der Waals surface area contributed by atoms with Crippen molar-refractivity contribution in [2.24, 2.45) is 11.7 Å². The van der Waals surface area contributed by atoms with Crippen LogP contribution in [0.3, 0.4) is 0 Å². The molecule has 1 aromatic carbocycles. The lowest BCUT2D eigenvalue weighted by atomic mass is 10.0. The van der Waals surface area contributed by atoms with Crippen molar-refractivity contribution < 1.29 is 4.79 Å². The van der Waals surface area contributed by atoms with E-state index in [0.717, 1.165) is 18.0 Å². The zero-order chi connectivity index (χ0) is 15.1. The molecule has 0 bridgehead atoms. The number of amides is 1. The van der Waals surface area contributed by atoms with Crippen LogP contribution >= 0.6 is 0 Å². The molecule has 0 radical (unpaired) electrons. The largest absolute Gasteiger partial charge is 0.366 e. The number of carbonyl (C=O) groups is 1. The number of primary amides is 1. The van der Waals surface area contributed by atoms with Gasteiger partial charge in [-0.15, -0.1) is 0 Å². The lowest BCUT2D eigenvalue weighted by Gasteiger charge is -2.16.